The molecular weight excluding hydrogens is 204 g/mol. The minimum Gasteiger partial charge on any atom is -0.389 e. The van der Waals surface area contributed by atoms with Gasteiger partial charge in [0.2, 0.25) is 0 Å². The van der Waals surface area contributed by atoms with E-state index in [1.807, 2.05) is 6.92 Å². The third-order valence-electron chi connectivity index (χ3n) is 2.63. The second kappa shape index (κ2) is 4.06. The molecule has 0 amide bonds. The summed E-state index contributed by atoms with van der Waals surface area (Å²) in [6, 6.07) is 3.59. The Hall–Kier alpha value is -1.68. The predicted molar refractivity (Wildman–Crippen MR) is 60.4 cm³/mol. The van der Waals surface area contributed by atoms with E-state index >= 15 is 0 Å². The van der Waals surface area contributed by atoms with Crippen molar-refractivity contribution in [3.8, 4) is 0 Å². The van der Waals surface area contributed by atoms with Gasteiger partial charge < -0.3 is 5.11 Å². The van der Waals surface area contributed by atoms with Crippen LogP contribution >= 0.6 is 0 Å². The minimum absolute atomic E-state index is 0.0669. The number of nitrogens with zero attached hydrogens (tertiary/aromatic N) is 2. The monoisotopic (exact) mass is 218 g/mol. The maximum Gasteiger partial charge on any atom is 0.180 e. The van der Waals surface area contributed by atoms with Crippen LogP contribution < -0.4 is 0 Å². The van der Waals surface area contributed by atoms with Crippen molar-refractivity contribution in [3.63, 3.8) is 0 Å². The average molecular weight is 218 g/mol. The molecule has 1 atom stereocenters. The summed E-state index contributed by atoms with van der Waals surface area (Å²) in [5.41, 5.74) is 2.08. The number of aromatic nitrogens is 2. The van der Waals surface area contributed by atoms with Gasteiger partial charge in [0.25, 0.3) is 0 Å². The molecule has 0 saturated carbocycles. The average Bonchev–Trinajstić information content (AvgIpc) is 2.70. The fraction of sp³-hybridized carbons (Fsp3) is 0.333. The lowest BCUT2D eigenvalue weighted by Crippen LogP contribution is -2.02. The second-order valence-electron chi connectivity index (χ2n) is 3.78. The van der Waals surface area contributed by atoms with Crippen molar-refractivity contribution in [3.05, 3.63) is 35.8 Å². The van der Waals surface area contributed by atoms with Crippen LogP contribution in [0.2, 0.25) is 0 Å². The molecule has 0 aliphatic heterocycles. The molecule has 0 aliphatic carbocycles. The molecule has 0 saturated heterocycles. The zero-order valence-corrected chi connectivity index (χ0v) is 9.34. The van der Waals surface area contributed by atoms with E-state index in [1.165, 1.54) is 0 Å². The zero-order chi connectivity index (χ0) is 11.7. The standard InChI is InChI=1S/C12H14N2O2/c1-3-11(16)10-7-13-12-6-9(8(2)15)4-5-14(10)12/h4-8,15H,3H2,1-2H3. The van der Waals surface area contributed by atoms with Crippen molar-refractivity contribution >= 4 is 11.4 Å². The zero-order valence-electron chi connectivity index (χ0n) is 9.34. The summed E-state index contributed by atoms with van der Waals surface area (Å²) in [5.74, 6) is 0.0669. The number of aliphatic hydroxyl groups is 1. The normalized spacial score (nSPS) is 12.9. The molecule has 2 rings (SSSR count). The summed E-state index contributed by atoms with van der Waals surface area (Å²) in [6.45, 7) is 3.53. The Balaban J connectivity index is 2.54. The Morgan fingerprint density at radius 3 is 3.00 bits per heavy atom. The Morgan fingerprint density at radius 1 is 1.62 bits per heavy atom. The van der Waals surface area contributed by atoms with Gasteiger partial charge in [-0.3, -0.25) is 9.20 Å². The molecule has 0 bridgehead atoms. The third-order valence-corrected chi connectivity index (χ3v) is 2.63. The molecule has 1 N–H and O–H groups in total. The number of imidazole rings is 1. The summed E-state index contributed by atoms with van der Waals surface area (Å²) in [7, 11) is 0. The number of Topliss-reactive ketones (excluding diaryl/α,β-unsaturated/α-hetero) is 1. The van der Waals surface area contributed by atoms with Gasteiger partial charge in [0.15, 0.2) is 5.78 Å². The number of rotatable bonds is 3. The van der Waals surface area contributed by atoms with E-state index in [0.29, 0.717) is 17.8 Å². The fourth-order valence-electron chi connectivity index (χ4n) is 1.64. The molecule has 84 valence electrons. The van der Waals surface area contributed by atoms with Crippen molar-refractivity contribution in [2.45, 2.75) is 26.4 Å². The third kappa shape index (κ3) is 1.72. The summed E-state index contributed by atoms with van der Waals surface area (Å²) in [6.07, 6.45) is 3.29. The summed E-state index contributed by atoms with van der Waals surface area (Å²) in [4.78, 5) is 15.8. The molecule has 4 heteroatoms. The van der Waals surface area contributed by atoms with Gasteiger partial charge in [-0.1, -0.05) is 6.92 Å². The van der Waals surface area contributed by atoms with Gasteiger partial charge in [-0.25, -0.2) is 4.98 Å². The van der Waals surface area contributed by atoms with E-state index in [4.69, 9.17) is 0 Å². The first-order chi connectivity index (χ1) is 7.63. The van der Waals surface area contributed by atoms with Gasteiger partial charge in [0, 0.05) is 12.6 Å². The number of pyridine rings is 1. The van der Waals surface area contributed by atoms with Gasteiger partial charge in [0.1, 0.15) is 11.3 Å². The van der Waals surface area contributed by atoms with Crippen LogP contribution in [0.15, 0.2) is 24.5 Å². The van der Waals surface area contributed by atoms with Crippen molar-refractivity contribution in [2.75, 3.05) is 0 Å². The fourth-order valence-corrected chi connectivity index (χ4v) is 1.64. The molecule has 0 radical (unpaired) electrons. The lowest BCUT2D eigenvalue weighted by atomic mass is 10.2. The summed E-state index contributed by atoms with van der Waals surface area (Å²) < 4.78 is 1.75. The van der Waals surface area contributed by atoms with E-state index < -0.39 is 6.10 Å². The van der Waals surface area contributed by atoms with Gasteiger partial charge in [-0.2, -0.15) is 0 Å². The molecule has 1 unspecified atom stereocenters. The van der Waals surface area contributed by atoms with Crippen molar-refractivity contribution in [1.82, 2.24) is 9.38 Å². The van der Waals surface area contributed by atoms with E-state index in [2.05, 4.69) is 4.98 Å². The van der Waals surface area contributed by atoms with Crippen molar-refractivity contribution in [1.29, 1.82) is 0 Å². The number of aliphatic hydroxyl groups excluding tert-OH is 1. The molecule has 2 aromatic rings. The van der Waals surface area contributed by atoms with Crippen LogP contribution in [0, 0.1) is 0 Å². The first-order valence-corrected chi connectivity index (χ1v) is 5.31. The number of ketones is 1. The quantitative estimate of drug-likeness (QED) is 0.801. The lowest BCUT2D eigenvalue weighted by Gasteiger charge is -2.05. The molecule has 0 fully saturated rings. The Kier molecular flexibility index (Phi) is 2.75. The Morgan fingerprint density at radius 2 is 2.38 bits per heavy atom. The van der Waals surface area contributed by atoms with E-state index in [0.717, 1.165) is 5.56 Å². The number of carbonyl (C=O) groups is 1. The topological polar surface area (TPSA) is 54.6 Å². The van der Waals surface area contributed by atoms with E-state index in [9.17, 15) is 9.90 Å². The number of hydrogen-bond acceptors (Lipinski definition) is 3. The van der Waals surface area contributed by atoms with Gasteiger partial charge in [-0.15, -0.1) is 0 Å². The first kappa shape index (κ1) is 10.8. The van der Waals surface area contributed by atoms with Gasteiger partial charge in [0.05, 0.1) is 12.3 Å². The molecule has 2 aromatic heterocycles. The number of carbonyl (C=O) groups excluding carboxylic acids is 1. The van der Waals surface area contributed by atoms with Crippen LogP contribution in [0.5, 0.6) is 0 Å². The van der Waals surface area contributed by atoms with Crippen LogP contribution in [0.1, 0.15) is 42.4 Å². The Labute approximate surface area is 93.5 Å². The lowest BCUT2D eigenvalue weighted by molar-refractivity contribution is 0.0982. The van der Waals surface area contributed by atoms with Crippen LogP contribution in [0.4, 0.5) is 0 Å². The molecule has 4 nitrogen and oxygen atoms in total. The molecule has 0 spiro atoms. The highest BCUT2D eigenvalue weighted by molar-refractivity contribution is 5.94. The maximum atomic E-state index is 11.6. The van der Waals surface area contributed by atoms with Gasteiger partial charge >= 0.3 is 0 Å². The van der Waals surface area contributed by atoms with Crippen LogP contribution in [-0.4, -0.2) is 20.3 Å². The SMILES string of the molecule is CCC(=O)c1cnc2cc(C(C)O)ccn12. The van der Waals surface area contributed by atoms with Crippen molar-refractivity contribution < 1.29 is 9.90 Å². The predicted octanol–water partition coefficient (Wildman–Crippen LogP) is 1.98. The van der Waals surface area contributed by atoms with E-state index in [-0.39, 0.29) is 5.78 Å². The highest BCUT2D eigenvalue weighted by Crippen LogP contribution is 2.16. The summed E-state index contributed by atoms with van der Waals surface area (Å²) in [5, 5.41) is 9.44. The molecule has 0 aromatic carbocycles. The molecular formula is C12H14N2O2. The maximum absolute atomic E-state index is 11.6. The largest absolute Gasteiger partial charge is 0.389 e. The van der Waals surface area contributed by atoms with Crippen molar-refractivity contribution in [2.24, 2.45) is 0 Å². The van der Waals surface area contributed by atoms with Crippen LogP contribution in [-0.2, 0) is 0 Å². The minimum atomic E-state index is -0.521. The highest BCUT2D eigenvalue weighted by Gasteiger charge is 2.11. The molecule has 2 heterocycles. The number of hydrogen-bond donors (Lipinski definition) is 1. The first-order valence-electron chi connectivity index (χ1n) is 5.31. The van der Waals surface area contributed by atoms with E-state index in [1.54, 1.807) is 35.9 Å². The highest BCUT2D eigenvalue weighted by atomic mass is 16.3. The van der Waals surface area contributed by atoms with Gasteiger partial charge in [-0.05, 0) is 24.6 Å². The van der Waals surface area contributed by atoms with Crippen LogP contribution in [0.3, 0.4) is 0 Å². The molecule has 16 heavy (non-hydrogen) atoms. The molecule has 0 aliphatic rings. The smallest absolute Gasteiger partial charge is 0.180 e. The number of fused-ring (bicyclic) bond motifs is 1. The van der Waals surface area contributed by atoms with Crippen LogP contribution in [0.25, 0.3) is 5.65 Å². The Bertz CT molecular complexity index is 529. The second-order valence-corrected chi connectivity index (χ2v) is 3.78. The summed E-state index contributed by atoms with van der Waals surface area (Å²) >= 11 is 0.